The summed E-state index contributed by atoms with van der Waals surface area (Å²) in [5, 5.41) is 4.71. The fourth-order valence-electron chi connectivity index (χ4n) is 12.2. The Morgan fingerprint density at radius 3 is 2.29 bits per heavy atom. The normalized spacial score (nSPS) is 22.4. The first-order valence-electron chi connectivity index (χ1n) is 21.7. The number of anilines is 3. The Bertz CT molecular complexity index is 2910. The van der Waals surface area contributed by atoms with Gasteiger partial charge in [0.05, 0.1) is 16.8 Å². The van der Waals surface area contributed by atoms with Crippen LogP contribution in [0.3, 0.4) is 0 Å². The van der Waals surface area contributed by atoms with E-state index in [0.29, 0.717) is 11.8 Å². The second-order valence-electron chi connectivity index (χ2n) is 19.3. The summed E-state index contributed by atoms with van der Waals surface area (Å²) < 4.78 is 6.57. The molecule has 2 nitrogen and oxygen atoms in total. The Kier molecular flexibility index (Phi) is 7.94. The van der Waals surface area contributed by atoms with Crippen molar-refractivity contribution in [2.45, 2.75) is 78.1 Å². The maximum Gasteiger partial charge on any atom is 0.137 e. The maximum atomic E-state index is 6.57. The number of hydrogen-bond acceptors (Lipinski definition) is 2. The summed E-state index contributed by atoms with van der Waals surface area (Å²) in [7, 11) is 0. The molecule has 2 saturated carbocycles. The molecule has 7 aromatic carbocycles. The Morgan fingerprint density at radius 1 is 0.621 bits per heavy atom. The number of aryl methyl sites for hydroxylation is 1. The first-order valence-corrected chi connectivity index (χ1v) is 21.7. The van der Waals surface area contributed by atoms with Crippen molar-refractivity contribution in [3.63, 3.8) is 0 Å². The molecule has 3 aliphatic rings. The van der Waals surface area contributed by atoms with Crippen molar-refractivity contribution in [3.05, 3.63) is 162 Å². The molecule has 5 unspecified atom stereocenters. The third kappa shape index (κ3) is 5.23. The van der Waals surface area contributed by atoms with Crippen LogP contribution >= 0.6 is 0 Å². The van der Waals surface area contributed by atoms with Gasteiger partial charge >= 0.3 is 0 Å². The standard InChI is InChI=1S/C56H53NO/c1-34-23-25-45-52(29-34)58-51-22-12-21-50(54(45)51)57(49-20-10-14-38-13-7-8-17-43(38)49)42-16-9-15-39(32-42)44-18-11-19-48-53(44)46-33-40(55(4,5)6)24-26-47(46)56(48)36(3)30-37-27-35(2)28-41(56)31-37/h7-26,29,32-33,35-37,41H,27-28,30-31H2,1-6H3. The molecule has 58 heavy (non-hydrogen) atoms. The van der Waals surface area contributed by atoms with Gasteiger partial charge in [0.1, 0.15) is 11.2 Å². The molecule has 0 aliphatic heterocycles. The minimum Gasteiger partial charge on any atom is -0.456 e. The van der Waals surface area contributed by atoms with Crippen LogP contribution < -0.4 is 4.90 Å². The molecule has 5 atom stereocenters. The van der Waals surface area contributed by atoms with Crippen LogP contribution in [0.4, 0.5) is 17.1 Å². The summed E-state index contributed by atoms with van der Waals surface area (Å²) >= 11 is 0. The fourth-order valence-corrected chi connectivity index (χ4v) is 12.2. The highest BCUT2D eigenvalue weighted by Crippen LogP contribution is 2.66. The first kappa shape index (κ1) is 35.6. The lowest BCUT2D eigenvalue weighted by atomic mass is 9.49. The minimum atomic E-state index is 0.0329. The predicted molar refractivity (Wildman–Crippen MR) is 245 cm³/mol. The number of hydrogen-bond donors (Lipinski definition) is 0. The van der Waals surface area contributed by atoms with Gasteiger partial charge in [0.2, 0.25) is 0 Å². The van der Waals surface area contributed by atoms with E-state index < -0.39 is 0 Å². The number of rotatable bonds is 4. The van der Waals surface area contributed by atoms with E-state index in [1.807, 2.05) is 0 Å². The van der Waals surface area contributed by atoms with E-state index in [4.69, 9.17) is 4.42 Å². The molecule has 0 radical (unpaired) electrons. The van der Waals surface area contributed by atoms with Crippen LogP contribution in [0.25, 0.3) is 55.0 Å². The highest BCUT2D eigenvalue weighted by molar-refractivity contribution is 6.15. The Balaban J connectivity index is 1.16. The lowest BCUT2D eigenvalue weighted by Gasteiger charge is -2.54. The monoisotopic (exact) mass is 755 g/mol. The molecule has 1 heterocycles. The Morgan fingerprint density at radius 2 is 1.41 bits per heavy atom. The van der Waals surface area contributed by atoms with E-state index in [2.05, 4.69) is 186 Å². The molecular formula is C56H53NO. The second kappa shape index (κ2) is 13.0. The van der Waals surface area contributed by atoms with Gasteiger partial charge < -0.3 is 9.32 Å². The maximum absolute atomic E-state index is 6.57. The zero-order chi connectivity index (χ0) is 39.5. The van der Waals surface area contributed by atoms with E-state index >= 15 is 0 Å². The van der Waals surface area contributed by atoms with Gasteiger partial charge in [-0.3, -0.25) is 0 Å². The van der Waals surface area contributed by atoms with E-state index in [1.54, 1.807) is 11.1 Å². The second-order valence-corrected chi connectivity index (χ2v) is 19.3. The van der Waals surface area contributed by atoms with Crippen LogP contribution in [-0.2, 0) is 10.8 Å². The van der Waals surface area contributed by atoms with Crippen LogP contribution in [0.15, 0.2) is 144 Å². The third-order valence-electron chi connectivity index (χ3n) is 14.6. The van der Waals surface area contributed by atoms with E-state index in [1.165, 1.54) is 69.8 Å². The van der Waals surface area contributed by atoms with Crippen LogP contribution in [0.2, 0.25) is 0 Å². The molecule has 288 valence electrons. The highest BCUT2D eigenvalue weighted by Gasteiger charge is 2.57. The van der Waals surface area contributed by atoms with Crippen molar-refractivity contribution < 1.29 is 4.42 Å². The van der Waals surface area contributed by atoms with Gasteiger partial charge in [-0.1, -0.05) is 138 Å². The quantitative estimate of drug-likeness (QED) is 0.178. The SMILES string of the molecule is Cc1ccc2c(c1)oc1cccc(N(c3cccc(-c4cccc5c4-c4cc(C(C)(C)C)ccc4C54C(C)CC5CC(C)CC4C5)c3)c3cccc4ccccc34)c12. The zero-order valence-corrected chi connectivity index (χ0v) is 34.8. The average Bonchev–Trinajstić information content (AvgIpc) is 3.73. The summed E-state index contributed by atoms with van der Waals surface area (Å²) in [6.07, 6.45) is 5.37. The zero-order valence-electron chi connectivity index (χ0n) is 34.8. The molecule has 8 aromatic rings. The van der Waals surface area contributed by atoms with Crippen molar-refractivity contribution >= 4 is 49.8 Å². The molecule has 1 spiro atoms. The molecular weight excluding hydrogens is 703 g/mol. The third-order valence-corrected chi connectivity index (χ3v) is 14.6. The van der Waals surface area contributed by atoms with Crippen molar-refractivity contribution in [3.8, 4) is 22.3 Å². The number of fused-ring (bicyclic) bond motifs is 12. The minimum absolute atomic E-state index is 0.0329. The van der Waals surface area contributed by atoms with Crippen molar-refractivity contribution in [1.29, 1.82) is 0 Å². The molecule has 0 saturated heterocycles. The number of nitrogens with zero attached hydrogens (tertiary/aromatic N) is 1. The first-order chi connectivity index (χ1) is 28.1. The molecule has 3 aliphatic carbocycles. The van der Waals surface area contributed by atoms with Gasteiger partial charge in [-0.05, 0) is 148 Å². The lowest BCUT2D eigenvalue weighted by Crippen LogP contribution is -2.49. The van der Waals surface area contributed by atoms with Crippen molar-refractivity contribution in [2.24, 2.45) is 23.7 Å². The van der Waals surface area contributed by atoms with Gasteiger partial charge in [-0.2, -0.15) is 0 Å². The lowest BCUT2D eigenvalue weighted by molar-refractivity contribution is 0.0426. The molecule has 0 N–H and O–H groups in total. The van der Waals surface area contributed by atoms with Gasteiger partial charge in [0.25, 0.3) is 0 Å². The van der Waals surface area contributed by atoms with Crippen LogP contribution in [-0.4, -0.2) is 0 Å². The van der Waals surface area contributed by atoms with Gasteiger partial charge in [0.15, 0.2) is 0 Å². The summed E-state index contributed by atoms with van der Waals surface area (Å²) in [6, 6.07) is 52.8. The van der Waals surface area contributed by atoms with Crippen LogP contribution in [0.5, 0.6) is 0 Å². The van der Waals surface area contributed by atoms with E-state index in [-0.39, 0.29) is 10.8 Å². The van der Waals surface area contributed by atoms with E-state index in [9.17, 15) is 0 Å². The van der Waals surface area contributed by atoms with Crippen molar-refractivity contribution in [1.82, 2.24) is 0 Å². The van der Waals surface area contributed by atoms with Crippen LogP contribution in [0.1, 0.15) is 82.6 Å². The van der Waals surface area contributed by atoms with Gasteiger partial charge in [0, 0.05) is 21.9 Å². The van der Waals surface area contributed by atoms with Gasteiger partial charge in [-0.25, -0.2) is 0 Å². The number of furan rings is 1. The molecule has 2 fully saturated rings. The Hall–Kier alpha value is -5.60. The van der Waals surface area contributed by atoms with E-state index in [0.717, 1.165) is 50.8 Å². The molecule has 0 amide bonds. The molecule has 11 rings (SSSR count). The van der Waals surface area contributed by atoms with Crippen LogP contribution in [0, 0.1) is 30.6 Å². The topological polar surface area (TPSA) is 16.4 Å². The highest BCUT2D eigenvalue weighted by atomic mass is 16.3. The fraction of sp³-hybridized carbons (Fsp3) is 0.286. The Labute approximate surface area is 343 Å². The van der Waals surface area contributed by atoms with Gasteiger partial charge in [-0.15, -0.1) is 0 Å². The smallest absolute Gasteiger partial charge is 0.137 e. The largest absolute Gasteiger partial charge is 0.456 e. The van der Waals surface area contributed by atoms with Crippen molar-refractivity contribution in [2.75, 3.05) is 4.90 Å². The predicted octanol–water partition coefficient (Wildman–Crippen LogP) is 15.8. The summed E-state index contributed by atoms with van der Waals surface area (Å²) in [5.74, 6) is 2.86. The molecule has 2 bridgehead atoms. The molecule has 2 heteroatoms. The average molecular weight is 756 g/mol. The number of benzene rings is 7. The molecule has 1 aromatic heterocycles. The summed E-state index contributed by atoms with van der Waals surface area (Å²) in [6.45, 7) is 14.3. The summed E-state index contributed by atoms with van der Waals surface area (Å²) in [5.41, 5.74) is 16.6. The summed E-state index contributed by atoms with van der Waals surface area (Å²) in [4.78, 5) is 2.48.